The van der Waals surface area contributed by atoms with Gasteiger partial charge in [0.1, 0.15) is 5.82 Å². The smallest absolute Gasteiger partial charge is 0.127 e. The monoisotopic (exact) mass is 211 g/mol. The Kier molecular flexibility index (Phi) is 4.72. The van der Waals surface area contributed by atoms with Crippen molar-refractivity contribution in [1.82, 2.24) is 0 Å². The maximum absolute atomic E-state index is 13.7. The Hall–Kier alpha value is -0.930. The zero-order valence-corrected chi connectivity index (χ0v) is 9.29. The predicted octanol–water partition coefficient (Wildman–Crippen LogP) is 3.12. The van der Waals surface area contributed by atoms with Crippen LogP contribution in [0.1, 0.15) is 43.7 Å². The first-order valence-electron chi connectivity index (χ1n) is 5.32. The van der Waals surface area contributed by atoms with E-state index in [4.69, 9.17) is 5.90 Å². The van der Waals surface area contributed by atoms with Gasteiger partial charge in [0.2, 0.25) is 0 Å². The SMILES string of the molecule is CCC(CC)c1ccc(CON)cc1F. The van der Waals surface area contributed by atoms with E-state index in [-0.39, 0.29) is 12.4 Å². The molecule has 0 aliphatic heterocycles. The summed E-state index contributed by atoms with van der Waals surface area (Å²) in [6.07, 6.45) is 1.92. The molecule has 0 unspecified atom stereocenters. The van der Waals surface area contributed by atoms with Crippen molar-refractivity contribution in [1.29, 1.82) is 0 Å². The molecule has 3 heteroatoms. The van der Waals surface area contributed by atoms with Crippen LogP contribution in [0, 0.1) is 5.82 Å². The molecule has 0 amide bonds. The van der Waals surface area contributed by atoms with Gasteiger partial charge in [0.15, 0.2) is 0 Å². The van der Waals surface area contributed by atoms with Crippen LogP contribution in [0.3, 0.4) is 0 Å². The molecule has 2 nitrogen and oxygen atoms in total. The van der Waals surface area contributed by atoms with Gasteiger partial charge in [-0.1, -0.05) is 26.0 Å². The third-order valence-corrected chi connectivity index (χ3v) is 2.74. The fraction of sp³-hybridized carbons (Fsp3) is 0.500. The van der Waals surface area contributed by atoms with E-state index >= 15 is 0 Å². The molecule has 2 N–H and O–H groups in total. The van der Waals surface area contributed by atoms with Crippen LogP contribution in [0.25, 0.3) is 0 Å². The summed E-state index contributed by atoms with van der Waals surface area (Å²) in [6.45, 7) is 4.40. The third kappa shape index (κ3) is 3.01. The summed E-state index contributed by atoms with van der Waals surface area (Å²) in [5.74, 6) is 5.09. The molecule has 0 bridgehead atoms. The van der Waals surface area contributed by atoms with Crippen molar-refractivity contribution in [2.24, 2.45) is 5.90 Å². The van der Waals surface area contributed by atoms with E-state index in [1.165, 1.54) is 6.07 Å². The van der Waals surface area contributed by atoms with E-state index in [1.54, 1.807) is 0 Å². The highest BCUT2D eigenvalue weighted by atomic mass is 19.1. The first kappa shape index (κ1) is 12.1. The summed E-state index contributed by atoms with van der Waals surface area (Å²) in [4.78, 5) is 4.47. The lowest BCUT2D eigenvalue weighted by molar-refractivity contribution is 0.124. The second-order valence-corrected chi connectivity index (χ2v) is 3.68. The van der Waals surface area contributed by atoms with Gasteiger partial charge in [-0.2, -0.15) is 0 Å². The van der Waals surface area contributed by atoms with Crippen LogP contribution >= 0.6 is 0 Å². The summed E-state index contributed by atoms with van der Waals surface area (Å²) >= 11 is 0. The summed E-state index contributed by atoms with van der Waals surface area (Å²) in [7, 11) is 0. The molecule has 0 heterocycles. The molecule has 84 valence electrons. The number of nitrogens with two attached hydrogens (primary N) is 1. The van der Waals surface area contributed by atoms with Crippen molar-refractivity contribution in [2.45, 2.75) is 39.2 Å². The van der Waals surface area contributed by atoms with Crippen LogP contribution in [0.15, 0.2) is 18.2 Å². The van der Waals surface area contributed by atoms with Gasteiger partial charge in [0.25, 0.3) is 0 Å². The highest BCUT2D eigenvalue weighted by Crippen LogP contribution is 2.26. The first-order valence-corrected chi connectivity index (χ1v) is 5.32. The molecule has 1 aromatic carbocycles. The molecular weight excluding hydrogens is 193 g/mol. The zero-order valence-electron chi connectivity index (χ0n) is 9.29. The lowest BCUT2D eigenvalue weighted by atomic mass is 9.93. The first-order chi connectivity index (χ1) is 7.22. The number of hydrogen-bond acceptors (Lipinski definition) is 2. The van der Waals surface area contributed by atoms with E-state index in [0.29, 0.717) is 5.92 Å². The molecule has 0 radical (unpaired) electrons. The van der Waals surface area contributed by atoms with Crippen LogP contribution in [0.2, 0.25) is 0 Å². The Morgan fingerprint density at radius 1 is 1.33 bits per heavy atom. The standard InChI is InChI=1S/C12H18FNO/c1-3-10(4-2)11-6-5-9(8-15-14)7-12(11)13/h5-7,10H,3-4,8,14H2,1-2H3. The van der Waals surface area contributed by atoms with Crippen LogP contribution in [0.4, 0.5) is 4.39 Å². The Morgan fingerprint density at radius 2 is 2.00 bits per heavy atom. The Morgan fingerprint density at radius 3 is 2.47 bits per heavy atom. The van der Waals surface area contributed by atoms with E-state index in [9.17, 15) is 4.39 Å². The fourth-order valence-electron chi connectivity index (χ4n) is 1.82. The average Bonchev–Trinajstić information content (AvgIpc) is 2.23. The van der Waals surface area contributed by atoms with E-state index < -0.39 is 0 Å². The maximum atomic E-state index is 13.7. The normalized spacial score (nSPS) is 11.0. The van der Waals surface area contributed by atoms with Crippen molar-refractivity contribution in [3.63, 3.8) is 0 Å². The molecular formula is C12H18FNO. The molecule has 0 spiro atoms. The van der Waals surface area contributed by atoms with E-state index in [2.05, 4.69) is 18.7 Å². The van der Waals surface area contributed by atoms with E-state index in [1.807, 2.05) is 12.1 Å². The number of rotatable bonds is 5. The maximum Gasteiger partial charge on any atom is 0.127 e. The molecule has 0 atom stereocenters. The van der Waals surface area contributed by atoms with Gasteiger partial charge in [0, 0.05) is 0 Å². The van der Waals surface area contributed by atoms with Crippen molar-refractivity contribution < 1.29 is 9.23 Å². The molecule has 1 aromatic rings. The molecule has 0 saturated heterocycles. The van der Waals surface area contributed by atoms with Crippen molar-refractivity contribution >= 4 is 0 Å². The van der Waals surface area contributed by atoms with Gasteiger partial charge < -0.3 is 0 Å². The van der Waals surface area contributed by atoms with Crippen LogP contribution in [-0.2, 0) is 11.4 Å². The number of benzene rings is 1. The summed E-state index contributed by atoms with van der Waals surface area (Å²) in [5.41, 5.74) is 1.56. The highest BCUT2D eigenvalue weighted by Gasteiger charge is 2.12. The van der Waals surface area contributed by atoms with Crippen molar-refractivity contribution in [3.8, 4) is 0 Å². The summed E-state index contributed by atoms with van der Waals surface area (Å²) in [6, 6.07) is 5.20. The Bertz CT molecular complexity index is 310. The molecule has 1 rings (SSSR count). The van der Waals surface area contributed by atoms with Gasteiger partial charge in [-0.05, 0) is 36.0 Å². The van der Waals surface area contributed by atoms with Crippen molar-refractivity contribution in [2.75, 3.05) is 0 Å². The summed E-state index contributed by atoms with van der Waals surface area (Å²) < 4.78 is 13.7. The predicted molar refractivity (Wildman–Crippen MR) is 58.7 cm³/mol. The minimum Gasteiger partial charge on any atom is -0.300 e. The lowest BCUT2D eigenvalue weighted by Crippen LogP contribution is -2.03. The second-order valence-electron chi connectivity index (χ2n) is 3.68. The van der Waals surface area contributed by atoms with Gasteiger partial charge >= 0.3 is 0 Å². The van der Waals surface area contributed by atoms with Crippen molar-refractivity contribution in [3.05, 3.63) is 35.1 Å². The van der Waals surface area contributed by atoms with Crippen LogP contribution < -0.4 is 5.90 Å². The molecule has 15 heavy (non-hydrogen) atoms. The lowest BCUT2D eigenvalue weighted by Gasteiger charge is -2.14. The molecule has 0 fully saturated rings. The minimum absolute atomic E-state index is 0.154. The minimum atomic E-state index is -0.154. The third-order valence-electron chi connectivity index (χ3n) is 2.74. The van der Waals surface area contributed by atoms with Gasteiger partial charge in [-0.25, -0.2) is 10.3 Å². The van der Waals surface area contributed by atoms with Crippen LogP contribution in [0.5, 0.6) is 0 Å². The average molecular weight is 211 g/mol. The number of hydrogen-bond donors (Lipinski definition) is 1. The highest BCUT2D eigenvalue weighted by molar-refractivity contribution is 5.26. The topological polar surface area (TPSA) is 35.2 Å². The molecule has 0 aromatic heterocycles. The quantitative estimate of drug-likeness (QED) is 0.759. The van der Waals surface area contributed by atoms with E-state index in [0.717, 1.165) is 24.0 Å². The molecule has 0 aliphatic rings. The van der Waals surface area contributed by atoms with Crippen LogP contribution in [-0.4, -0.2) is 0 Å². The van der Waals surface area contributed by atoms with Gasteiger partial charge in [0.05, 0.1) is 6.61 Å². The Labute approximate surface area is 90.2 Å². The summed E-state index contributed by atoms with van der Waals surface area (Å²) in [5, 5.41) is 0. The largest absolute Gasteiger partial charge is 0.300 e. The number of halogens is 1. The fourth-order valence-corrected chi connectivity index (χ4v) is 1.82. The molecule has 0 saturated carbocycles. The van der Waals surface area contributed by atoms with Gasteiger partial charge in [-0.15, -0.1) is 0 Å². The Balaban J connectivity index is 2.91. The molecule has 0 aliphatic carbocycles. The van der Waals surface area contributed by atoms with Gasteiger partial charge in [-0.3, -0.25) is 4.84 Å². The zero-order chi connectivity index (χ0) is 11.3. The second kappa shape index (κ2) is 5.83.